The van der Waals surface area contributed by atoms with Crippen molar-refractivity contribution in [3.8, 4) is 0 Å². The highest BCUT2D eigenvalue weighted by Crippen LogP contribution is 2.61. The topological polar surface area (TPSA) is 29.1 Å². The third kappa shape index (κ3) is 2.95. The van der Waals surface area contributed by atoms with E-state index in [1.165, 1.54) is 70.6 Å². The molecule has 0 aliphatic heterocycles. The molecule has 0 aromatic heterocycles. The SMILES string of the molecule is CC1CCCC(NC(=O)CC23CC4CCCC(C2)C(C4)C3)C1. The van der Waals surface area contributed by atoms with Gasteiger partial charge in [-0.2, -0.15) is 0 Å². The number of hydrogen-bond acceptors (Lipinski definition) is 1. The van der Waals surface area contributed by atoms with Crippen molar-refractivity contribution in [1.29, 1.82) is 0 Å². The molecular weight excluding hydrogens is 270 g/mol. The molecular formula is C20H33NO. The zero-order valence-electron chi connectivity index (χ0n) is 14.3. The lowest BCUT2D eigenvalue weighted by atomic mass is 9.68. The summed E-state index contributed by atoms with van der Waals surface area (Å²) in [4.78, 5) is 12.7. The number of amides is 1. The molecule has 4 fully saturated rings. The van der Waals surface area contributed by atoms with E-state index in [-0.39, 0.29) is 0 Å². The Bertz CT molecular complexity index is 429. The standard InChI is InChI=1S/C20H33NO/c1-14-4-2-7-18(8-14)21-19(22)13-20-10-15-5-3-6-16(11-20)17(9-15)12-20/h14-18H,2-13H2,1H3,(H,21,22). The van der Waals surface area contributed by atoms with E-state index in [2.05, 4.69) is 12.2 Å². The molecule has 4 rings (SSSR count). The van der Waals surface area contributed by atoms with Gasteiger partial charge in [-0.15, -0.1) is 0 Å². The van der Waals surface area contributed by atoms with Crippen LogP contribution >= 0.6 is 0 Å². The van der Waals surface area contributed by atoms with Gasteiger partial charge in [0.1, 0.15) is 0 Å². The first-order valence-electron chi connectivity index (χ1n) is 9.91. The highest BCUT2D eigenvalue weighted by atomic mass is 16.1. The number of carbonyl (C=O) groups excluding carboxylic acids is 1. The third-order valence-electron chi connectivity index (χ3n) is 7.44. The minimum Gasteiger partial charge on any atom is -0.353 e. The molecule has 22 heavy (non-hydrogen) atoms. The van der Waals surface area contributed by atoms with Gasteiger partial charge in [-0.05, 0) is 67.6 Å². The molecule has 0 aromatic carbocycles. The molecule has 4 aliphatic carbocycles. The lowest BCUT2D eigenvalue weighted by Gasteiger charge is -2.38. The lowest BCUT2D eigenvalue weighted by molar-refractivity contribution is -0.125. The molecule has 0 spiro atoms. The van der Waals surface area contributed by atoms with Crippen molar-refractivity contribution in [1.82, 2.24) is 5.32 Å². The Kier molecular flexibility index (Phi) is 3.98. The Labute approximate surface area is 135 Å². The molecule has 0 aromatic rings. The molecule has 2 heteroatoms. The molecule has 0 heterocycles. The van der Waals surface area contributed by atoms with Crippen molar-refractivity contribution in [2.45, 2.75) is 90.0 Å². The van der Waals surface area contributed by atoms with Crippen LogP contribution in [0.25, 0.3) is 0 Å². The van der Waals surface area contributed by atoms with Crippen LogP contribution < -0.4 is 5.32 Å². The molecule has 0 radical (unpaired) electrons. The predicted molar refractivity (Wildman–Crippen MR) is 89.4 cm³/mol. The summed E-state index contributed by atoms with van der Waals surface area (Å²) in [7, 11) is 0. The first-order chi connectivity index (χ1) is 10.6. The van der Waals surface area contributed by atoms with Crippen LogP contribution in [0.15, 0.2) is 0 Å². The smallest absolute Gasteiger partial charge is 0.220 e. The van der Waals surface area contributed by atoms with Gasteiger partial charge in [0.15, 0.2) is 0 Å². The molecule has 6 atom stereocenters. The van der Waals surface area contributed by atoms with Gasteiger partial charge in [-0.25, -0.2) is 0 Å². The molecule has 6 unspecified atom stereocenters. The highest BCUT2D eigenvalue weighted by molar-refractivity contribution is 5.77. The maximum Gasteiger partial charge on any atom is 0.220 e. The molecule has 1 amide bonds. The Morgan fingerprint density at radius 2 is 1.82 bits per heavy atom. The largest absolute Gasteiger partial charge is 0.353 e. The van der Waals surface area contributed by atoms with Gasteiger partial charge in [0, 0.05) is 12.5 Å². The van der Waals surface area contributed by atoms with Crippen molar-refractivity contribution in [3.63, 3.8) is 0 Å². The van der Waals surface area contributed by atoms with Crippen molar-refractivity contribution < 1.29 is 4.79 Å². The van der Waals surface area contributed by atoms with E-state index in [0.717, 1.165) is 30.1 Å². The summed E-state index contributed by atoms with van der Waals surface area (Å²) in [6.45, 7) is 2.33. The quantitative estimate of drug-likeness (QED) is 0.806. The number of hydrogen-bond donors (Lipinski definition) is 1. The minimum atomic E-state index is 0.375. The lowest BCUT2D eigenvalue weighted by Crippen LogP contribution is -2.41. The summed E-state index contributed by atoms with van der Waals surface area (Å²) in [6.07, 6.45) is 15.8. The Morgan fingerprint density at radius 3 is 2.68 bits per heavy atom. The van der Waals surface area contributed by atoms with Gasteiger partial charge >= 0.3 is 0 Å². The van der Waals surface area contributed by atoms with Crippen LogP contribution in [0.3, 0.4) is 0 Å². The van der Waals surface area contributed by atoms with Gasteiger partial charge in [-0.1, -0.05) is 39.0 Å². The minimum absolute atomic E-state index is 0.375. The summed E-state index contributed by atoms with van der Waals surface area (Å²) >= 11 is 0. The zero-order chi connectivity index (χ0) is 15.2. The molecule has 3 bridgehead atoms. The number of rotatable bonds is 3. The monoisotopic (exact) mass is 303 g/mol. The van der Waals surface area contributed by atoms with Crippen LogP contribution in [0.1, 0.15) is 84.0 Å². The number of fused-ring (bicyclic) bond motifs is 2. The second-order valence-electron chi connectivity index (χ2n) is 9.38. The van der Waals surface area contributed by atoms with E-state index in [4.69, 9.17) is 0 Å². The van der Waals surface area contributed by atoms with Crippen LogP contribution in [0, 0.1) is 29.1 Å². The van der Waals surface area contributed by atoms with Gasteiger partial charge in [0.25, 0.3) is 0 Å². The van der Waals surface area contributed by atoms with E-state index in [0.29, 0.717) is 17.4 Å². The first-order valence-corrected chi connectivity index (χ1v) is 9.91. The molecule has 1 N–H and O–H groups in total. The van der Waals surface area contributed by atoms with E-state index in [9.17, 15) is 4.79 Å². The molecule has 0 saturated heterocycles. The van der Waals surface area contributed by atoms with E-state index >= 15 is 0 Å². The fourth-order valence-corrected chi connectivity index (χ4v) is 6.72. The number of nitrogens with one attached hydrogen (secondary N) is 1. The van der Waals surface area contributed by atoms with E-state index in [1.54, 1.807) is 0 Å². The zero-order valence-corrected chi connectivity index (χ0v) is 14.3. The number of carbonyl (C=O) groups is 1. The van der Waals surface area contributed by atoms with Crippen LogP contribution in [-0.2, 0) is 4.79 Å². The first kappa shape index (κ1) is 15.0. The summed E-state index contributed by atoms with van der Waals surface area (Å²) in [6, 6.07) is 0.466. The molecule has 4 saturated carbocycles. The van der Waals surface area contributed by atoms with Gasteiger partial charge in [0.2, 0.25) is 5.91 Å². The second-order valence-corrected chi connectivity index (χ2v) is 9.38. The van der Waals surface area contributed by atoms with Crippen molar-refractivity contribution >= 4 is 5.91 Å². The summed E-state index contributed by atoms with van der Waals surface area (Å²) in [5, 5.41) is 3.40. The average molecular weight is 303 g/mol. The Balaban J connectivity index is 1.37. The van der Waals surface area contributed by atoms with Crippen molar-refractivity contribution in [2.24, 2.45) is 29.1 Å². The van der Waals surface area contributed by atoms with E-state index in [1.807, 2.05) is 0 Å². The van der Waals surface area contributed by atoms with Crippen LogP contribution in [-0.4, -0.2) is 11.9 Å². The maximum atomic E-state index is 12.7. The molecule has 124 valence electrons. The summed E-state index contributed by atoms with van der Waals surface area (Å²) in [5.41, 5.74) is 0.392. The summed E-state index contributed by atoms with van der Waals surface area (Å²) in [5.74, 6) is 4.02. The second kappa shape index (κ2) is 5.83. The Morgan fingerprint density at radius 1 is 1.00 bits per heavy atom. The normalized spacial score (nSPS) is 47.2. The fourth-order valence-electron chi connectivity index (χ4n) is 6.72. The maximum absolute atomic E-state index is 12.7. The predicted octanol–water partition coefficient (Wildman–Crippen LogP) is 4.68. The third-order valence-corrected chi connectivity index (χ3v) is 7.44. The Hall–Kier alpha value is -0.530. The summed E-state index contributed by atoms with van der Waals surface area (Å²) < 4.78 is 0. The molecule has 2 nitrogen and oxygen atoms in total. The van der Waals surface area contributed by atoms with Gasteiger partial charge in [-0.3, -0.25) is 4.79 Å². The fraction of sp³-hybridized carbons (Fsp3) is 0.950. The van der Waals surface area contributed by atoms with Gasteiger partial charge < -0.3 is 5.32 Å². The van der Waals surface area contributed by atoms with Crippen LogP contribution in [0.2, 0.25) is 0 Å². The van der Waals surface area contributed by atoms with Crippen molar-refractivity contribution in [3.05, 3.63) is 0 Å². The van der Waals surface area contributed by atoms with Gasteiger partial charge in [0.05, 0.1) is 0 Å². The van der Waals surface area contributed by atoms with Crippen molar-refractivity contribution in [2.75, 3.05) is 0 Å². The average Bonchev–Trinajstić information content (AvgIpc) is 2.59. The highest BCUT2D eigenvalue weighted by Gasteiger charge is 2.52. The molecule has 4 aliphatic rings. The van der Waals surface area contributed by atoms with Crippen LogP contribution in [0.5, 0.6) is 0 Å². The van der Waals surface area contributed by atoms with Crippen LogP contribution in [0.4, 0.5) is 0 Å². The van der Waals surface area contributed by atoms with E-state index < -0.39 is 0 Å².